The van der Waals surface area contributed by atoms with Crippen molar-refractivity contribution in [3.8, 4) is 0 Å². The van der Waals surface area contributed by atoms with E-state index in [9.17, 15) is 9.59 Å². The lowest BCUT2D eigenvalue weighted by Gasteiger charge is -2.40. The lowest BCUT2D eigenvalue weighted by atomic mass is 9.87. The van der Waals surface area contributed by atoms with Gasteiger partial charge < -0.3 is 16.0 Å². The van der Waals surface area contributed by atoms with Gasteiger partial charge in [0.15, 0.2) is 0 Å². The van der Waals surface area contributed by atoms with E-state index < -0.39 is 0 Å². The van der Waals surface area contributed by atoms with Crippen molar-refractivity contribution >= 4 is 11.8 Å². The molecule has 2 fully saturated rings. The normalized spacial score (nSPS) is 33.8. The average molecular weight is 225 g/mol. The van der Waals surface area contributed by atoms with E-state index in [0.29, 0.717) is 6.04 Å². The number of amides is 2. The molecule has 3 atom stereocenters. The van der Waals surface area contributed by atoms with Crippen LogP contribution in [0.5, 0.6) is 0 Å². The van der Waals surface area contributed by atoms with Gasteiger partial charge in [0, 0.05) is 19.1 Å². The molecule has 90 valence electrons. The van der Waals surface area contributed by atoms with Crippen LogP contribution >= 0.6 is 0 Å². The van der Waals surface area contributed by atoms with E-state index >= 15 is 0 Å². The van der Waals surface area contributed by atoms with E-state index in [-0.39, 0.29) is 30.3 Å². The SMILES string of the molecule is CNC(=O)C[C@@H]1N[C@@H]2CCCC[C@@H]2NC1=O. The largest absolute Gasteiger partial charge is 0.359 e. The Morgan fingerprint density at radius 2 is 2.06 bits per heavy atom. The Bertz CT molecular complexity index is 293. The van der Waals surface area contributed by atoms with Crippen LogP contribution in [-0.2, 0) is 9.59 Å². The highest BCUT2D eigenvalue weighted by atomic mass is 16.2. The van der Waals surface area contributed by atoms with E-state index in [0.717, 1.165) is 12.8 Å². The Kier molecular flexibility index (Phi) is 3.43. The minimum Gasteiger partial charge on any atom is -0.359 e. The highest BCUT2D eigenvalue weighted by Crippen LogP contribution is 2.22. The first-order valence-electron chi connectivity index (χ1n) is 5.97. The van der Waals surface area contributed by atoms with Crippen molar-refractivity contribution in [1.29, 1.82) is 0 Å². The van der Waals surface area contributed by atoms with Crippen LogP contribution in [0.25, 0.3) is 0 Å². The van der Waals surface area contributed by atoms with Gasteiger partial charge in [-0.3, -0.25) is 9.59 Å². The Labute approximate surface area is 95.3 Å². The molecule has 3 N–H and O–H groups in total. The summed E-state index contributed by atoms with van der Waals surface area (Å²) in [5, 5.41) is 8.86. The summed E-state index contributed by atoms with van der Waals surface area (Å²) in [6, 6.07) is 0.252. The summed E-state index contributed by atoms with van der Waals surface area (Å²) in [6.07, 6.45) is 4.76. The van der Waals surface area contributed by atoms with Gasteiger partial charge in [0.1, 0.15) is 0 Å². The van der Waals surface area contributed by atoms with E-state index in [1.807, 2.05) is 0 Å². The Balaban J connectivity index is 1.95. The van der Waals surface area contributed by atoms with Crippen molar-refractivity contribution in [2.45, 2.75) is 50.2 Å². The number of piperazine rings is 1. The summed E-state index contributed by atoms with van der Waals surface area (Å²) in [7, 11) is 1.59. The van der Waals surface area contributed by atoms with Crippen LogP contribution < -0.4 is 16.0 Å². The fourth-order valence-corrected chi connectivity index (χ4v) is 2.56. The maximum Gasteiger partial charge on any atom is 0.237 e. The van der Waals surface area contributed by atoms with E-state index in [4.69, 9.17) is 0 Å². The summed E-state index contributed by atoms with van der Waals surface area (Å²) < 4.78 is 0. The Morgan fingerprint density at radius 1 is 1.38 bits per heavy atom. The van der Waals surface area contributed by atoms with Gasteiger partial charge >= 0.3 is 0 Å². The van der Waals surface area contributed by atoms with Crippen molar-refractivity contribution < 1.29 is 9.59 Å². The van der Waals surface area contributed by atoms with Gasteiger partial charge in [-0.2, -0.15) is 0 Å². The highest BCUT2D eigenvalue weighted by molar-refractivity contribution is 5.89. The molecule has 1 aliphatic carbocycles. The first-order chi connectivity index (χ1) is 7.70. The number of hydrogen-bond donors (Lipinski definition) is 3. The number of carbonyl (C=O) groups is 2. The van der Waals surface area contributed by atoms with Crippen LogP contribution in [0, 0.1) is 0 Å². The van der Waals surface area contributed by atoms with Gasteiger partial charge in [0.2, 0.25) is 11.8 Å². The monoisotopic (exact) mass is 225 g/mol. The minimum atomic E-state index is -0.362. The van der Waals surface area contributed by atoms with Crippen molar-refractivity contribution in [2.75, 3.05) is 7.05 Å². The molecule has 0 radical (unpaired) electrons. The van der Waals surface area contributed by atoms with Gasteiger partial charge in [-0.1, -0.05) is 12.8 Å². The number of nitrogens with one attached hydrogen (secondary N) is 3. The third-order valence-corrected chi connectivity index (χ3v) is 3.49. The summed E-state index contributed by atoms with van der Waals surface area (Å²) in [6.45, 7) is 0. The molecule has 1 saturated heterocycles. The quantitative estimate of drug-likeness (QED) is 0.594. The molecule has 0 unspecified atom stereocenters. The number of carbonyl (C=O) groups excluding carboxylic acids is 2. The third kappa shape index (κ3) is 2.35. The van der Waals surface area contributed by atoms with Crippen molar-refractivity contribution in [2.24, 2.45) is 0 Å². The predicted molar refractivity (Wildman–Crippen MR) is 59.8 cm³/mol. The molecule has 1 heterocycles. The summed E-state index contributed by atoms with van der Waals surface area (Å²) >= 11 is 0. The fraction of sp³-hybridized carbons (Fsp3) is 0.818. The smallest absolute Gasteiger partial charge is 0.237 e. The van der Waals surface area contributed by atoms with Crippen LogP contribution in [0.15, 0.2) is 0 Å². The first-order valence-corrected chi connectivity index (χ1v) is 5.97. The van der Waals surface area contributed by atoms with Crippen LogP contribution in [-0.4, -0.2) is 37.0 Å². The summed E-state index contributed by atoms with van der Waals surface area (Å²) in [5.74, 6) is -0.131. The minimum absolute atomic E-state index is 0.0354. The molecule has 0 aromatic rings. The van der Waals surface area contributed by atoms with E-state index in [2.05, 4.69) is 16.0 Å². The van der Waals surface area contributed by atoms with Crippen molar-refractivity contribution in [3.05, 3.63) is 0 Å². The van der Waals surface area contributed by atoms with Crippen LogP contribution in [0.2, 0.25) is 0 Å². The highest BCUT2D eigenvalue weighted by Gasteiger charge is 2.36. The number of fused-ring (bicyclic) bond motifs is 1. The summed E-state index contributed by atoms with van der Waals surface area (Å²) in [4.78, 5) is 23.0. The van der Waals surface area contributed by atoms with Gasteiger partial charge in [-0.05, 0) is 12.8 Å². The second-order valence-corrected chi connectivity index (χ2v) is 4.60. The Morgan fingerprint density at radius 3 is 2.75 bits per heavy atom. The molecule has 0 aromatic heterocycles. The topological polar surface area (TPSA) is 70.2 Å². The molecular weight excluding hydrogens is 206 g/mol. The zero-order valence-electron chi connectivity index (χ0n) is 9.58. The lowest BCUT2D eigenvalue weighted by Crippen LogP contribution is -2.65. The first kappa shape index (κ1) is 11.4. The second-order valence-electron chi connectivity index (χ2n) is 4.60. The predicted octanol–water partition coefficient (Wildman–Crippen LogP) is -0.478. The lowest BCUT2D eigenvalue weighted by molar-refractivity contribution is -0.131. The third-order valence-electron chi connectivity index (χ3n) is 3.49. The molecule has 1 aliphatic heterocycles. The molecule has 5 heteroatoms. The molecule has 0 aromatic carbocycles. The van der Waals surface area contributed by atoms with Crippen LogP contribution in [0.1, 0.15) is 32.1 Å². The van der Waals surface area contributed by atoms with E-state index in [1.165, 1.54) is 12.8 Å². The maximum absolute atomic E-state index is 11.7. The zero-order valence-corrected chi connectivity index (χ0v) is 9.58. The van der Waals surface area contributed by atoms with Crippen molar-refractivity contribution in [1.82, 2.24) is 16.0 Å². The molecule has 2 amide bonds. The van der Waals surface area contributed by atoms with E-state index in [1.54, 1.807) is 7.05 Å². The fourth-order valence-electron chi connectivity index (χ4n) is 2.56. The summed E-state index contributed by atoms with van der Waals surface area (Å²) in [5.41, 5.74) is 0. The second kappa shape index (κ2) is 4.82. The molecule has 2 rings (SSSR count). The van der Waals surface area contributed by atoms with Gasteiger partial charge in [-0.15, -0.1) is 0 Å². The molecule has 0 spiro atoms. The van der Waals surface area contributed by atoms with Gasteiger partial charge in [0.05, 0.1) is 12.5 Å². The molecular formula is C11H19N3O2. The molecule has 2 aliphatic rings. The van der Waals surface area contributed by atoms with Crippen LogP contribution in [0.4, 0.5) is 0 Å². The molecule has 1 saturated carbocycles. The molecule has 5 nitrogen and oxygen atoms in total. The van der Waals surface area contributed by atoms with Gasteiger partial charge in [0.25, 0.3) is 0 Å². The zero-order chi connectivity index (χ0) is 11.5. The number of hydrogen-bond acceptors (Lipinski definition) is 3. The maximum atomic E-state index is 11.7. The van der Waals surface area contributed by atoms with Crippen molar-refractivity contribution in [3.63, 3.8) is 0 Å². The standard InChI is InChI=1S/C11H19N3O2/c1-12-10(15)6-9-11(16)14-8-5-3-2-4-7(8)13-9/h7-9,13H,2-6H2,1H3,(H,12,15)(H,14,16)/t7-,8+,9+/m1/s1. The van der Waals surface area contributed by atoms with Crippen LogP contribution in [0.3, 0.4) is 0 Å². The number of rotatable bonds is 2. The molecule has 0 bridgehead atoms. The average Bonchev–Trinajstić information content (AvgIpc) is 2.30. The Hall–Kier alpha value is -1.10. The molecule has 16 heavy (non-hydrogen) atoms. The van der Waals surface area contributed by atoms with Gasteiger partial charge in [-0.25, -0.2) is 0 Å².